The maximum atomic E-state index is 12.4. The van der Waals surface area contributed by atoms with Crippen LogP contribution in [-0.2, 0) is 24.4 Å². The summed E-state index contributed by atoms with van der Waals surface area (Å²) in [5.41, 5.74) is 8.51. The SMILES string of the molecule is C[C@]1(C(=O)NCCCCc2cc(CO)ccc2CO)CC[C@H](N)CC1. The van der Waals surface area contributed by atoms with Gasteiger partial charge in [-0.2, -0.15) is 0 Å². The van der Waals surface area contributed by atoms with E-state index in [0.717, 1.165) is 61.6 Å². The second-order valence-electron chi connectivity index (χ2n) is 7.53. The summed E-state index contributed by atoms with van der Waals surface area (Å²) in [5.74, 6) is 0.151. The van der Waals surface area contributed by atoms with Gasteiger partial charge in [0.05, 0.1) is 13.2 Å². The number of carbonyl (C=O) groups excluding carboxylic acids is 1. The maximum absolute atomic E-state index is 12.4. The third kappa shape index (κ3) is 5.53. The number of amides is 1. The number of unbranched alkanes of at least 4 members (excludes halogenated alkanes) is 1. The molecule has 1 aromatic carbocycles. The highest BCUT2D eigenvalue weighted by Gasteiger charge is 2.36. The summed E-state index contributed by atoms with van der Waals surface area (Å²) in [5, 5.41) is 21.7. The Labute approximate surface area is 150 Å². The molecule has 0 radical (unpaired) electrons. The molecule has 1 saturated carbocycles. The maximum Gasteiger partial charge on any atom is 0.225 e. The van der Waals surface area contributed by atoms with Gasteiger partial charge in [0, 0.05) is 18.0 Å². The van der Waals surface area contributed by atoms with Crippen molar-refractivity contribution in [3.8, 4) is 0 Å². The molecule has 0 atom stereocenters. The van der Waals surface area contributed by atoms with E-state index in [0.29, 0.717) is 6.54 Å². The van der Waals surface area contributed by atoms with E-state index in [1.165, 1.54) is 0 Å². The van der Waals surface area contributed by atoms with E-state index >= 15 is 0 Å². The molecule has 1 fully saturated rings. The molecule has 0 aliphatic heterocycles. The van der Waals surface area contributed by atoms with Gasteiger partial charge in [0.25, 0.3) is 0 Å². The number of aliphatic hydroxyl groups excluding tert-OH is 2. The van der Waals surface area contributed by atoms with Crippen molar-refractivity contribution in [3.63, 3.8) is 0 Å². The van der Waals surface area contributed by atoms with E-state index in [-0.39, 0.29) is 30.6 Å². The fourth-order valence-corrected chi connectivity index (χ4v) is 3.52. The average molecular weight is 348 g/mol. The van der Waals surface area contributed by atoms with Crippen LogP contribution in [-0.4, -0.2) is 28.7 Å². The Hall–Kier alpha value is -1.43. The summed E-state index contributed by atoms with van der Waals surface area (Å²) in [6.45, 7) is 2.74. The van der Waals surface area contributed by atoms with Crippen molar-refractivity contribution in [3.05, 3.63) is 34.9 Å². The van der Waals surface area contributed by atoms with Crippen LogP contribution in [0.25, 0.3) is 0 Å². The van der Waals surface area contributed by atoms with Crippen molar-refractivity contribution in [2.75, 3.05) is 6.54 Å². The molecule has 0 aromatic heterocycles. The Morgan fingerprint density at radius 1 is 1.20 bits per heavy atom. The molecule has 1 aromatic rings. The first-order chi connectivity index (χ1) is 12.0. The predicted octanol–water partition coefficient (Wildman–Crippen LogP) is 2.02. The molecule has 0 unspecified atom stereocenters. The first-order valence-electron chi connectivity index (χ1n) is 9.35. The number of rotatable bonds is 8. The summed E-state index contributed by atoms with van der Waals surface area (Å²) in [4.78, 5) is 12.4. The Morgan fingerprint density at radius 2 is 1.92 bits per heavy atom. The van der Waals surface area contributed by atoms with Gasteiger partial charge in [-0.3, -0.25) is 4.79 Å². The van der Waals surface area contributed by atoms with Crippen LogP contribution in [0.2, 0.25) is 0 Å². The standard InChI is InChI=1S/C20H32N2O3/c1-20(9-7-18(21)8-10-20)19(25)22-11-3-2-4-16-12-15(13-23)5-6-17(16)14-24/h5-6,12,18,23-24H,2-4,7-11,13-14,21H2,1H3,(H,22,25)/t18-,20-. The smallest absolute Gasteiger partial charge is 0.225 e. The van der Waals surface area contributed by atoms with Crippen LogP contribution >= 0.6 is 0 Å². The lowest BCUT2D eigenvalue weighted by atomic mass is 9.73. The molecule has 0 bridgehead atoms. The van der Waals surface area contributed by atoms with E-state index < -0.39 is 0 Å². The van der Waals surface area contributed by atoms with Crippen LogP contribution in [0.4, 0.5) is 0 Å². The van der Waals surface area contributed by atoms with E-state index in [1.54, 1.807) is 0 Å². The molecule has 25 heavy (non-hydrogen) atoms. The molecular formula is C20H32N2O3. The minimum atomic E-state index is -0.268. The molecule has 0 saturated heterocycles. The third-order valence-corrected chi connectivity index (χ3v) is 5.46. The molecule has 0 heterocycles. The van der Waals surface area contributed by atoms with E-state index in [4.69, 9.17) is 5.73 Å². The van der Waals surface area contributed by atoms with E-state index in [1.807, 2.05) is 25.1 Å². The van der Waals surface area contributed by atoms with Gasteiger partial charge < -0.3 is 21.3 Å². The number of aryl methyl sites for hydroxylation is 1. The molecule has 5 nitrogen and oxygen atoms in total. The van der Waals surface area contributed by atoms with Crippen LogP contribution in [0.3, 0.4) is 0 Å². The molecule has 1 aliphatic carbocycles. The largest absolute Gasteiger partial charge is 0.392 e. The van der Waals surface area contributed by atoms with Crippen LogP contribution in [0, 0.1) is 5.41 Å². The van der Waals surface area contributed by atoms with Gasteiger partial charge in [0.2, 0.25) is 5.91 Å². The fourth-order valence-electron chi connectivity index (χ4n) is 3.52. The second-order valence-corrected chi connectivity index (χ2v) is 7.53. The van der Waals surface area contributed by atoms with Gasteiger partial charge >= 0.3 is 0 Å². The number of nitrogens with two attached hydrogens (primary N) is 1. The molecule has 2 rings (SSSR count). The number of carbonyl (C=O) groups is 1. The number of hydrogen-bond acceptors (Lipinski definition) is 4. The molecule has 1 aliphatic rings. The van der Waals surface area contributed by atoms with Gasteiger partial charge in [-0.25, -0.2) is 0 Å². The van der Waals surface area contributed by atoms with Crippen LogP contribution in [0.1, 0.15) is 62.1 Å². The molecule has 1 amide bonds. The van der Waals surface area contributed by atoms with Crippen molar-refractivity contribution >= 4 is 5.91 Å². The highest BCUT2D eigenvalue weighted by atomic mass is 16.3. The van der Waals surface area contributed by atoms with Crippen molar-refractivity contribution in [2.24, 2.45) is 11.1 Å². The summed E-state index contributed by atoms with van der Waals surface area (Å²) >= 11 is 0. The zero-order valence-electron chi connectivity index (χ0n) is 15.3. The van der Waals surface area contributed by atoms with Crippen LogP contribution in [0.5, 0.6) is 0 Å². The Bertz CT molecular complexity index is 566. The zero-order valence-corrected chi connectivity index (χ0v) is 15.3. The second kappa shape index (κ2) is 9.32. The van der Waals surface area contributed by atoms with Gasteiger partial charge in [-0.15, -0.1) is 0 Å². The van der Waals surface area contributed by atoms with Crippen LogP contribution < -0.4 is 11.1 Å². The number of hydrogen-bond donors (Lipinski definition) is 4. The van der Waals surface area contributed by atoms with Gasteiger partial charge in [0.1, 0.15) is 0 Å². The lowest BCUT2D eigenvalue weighted by Gasteiger charge is -2.34. The molecule has 0 spiro atoms. The lowest BCUT2D eigenvalue weighted by molar-refractivity contribution is -0.132. The van der Waals surface area contributed by atoms with Crippen molar-refractivity contribution in [1.29, 1.82) is 0 Å². The van der Waals surface area contributed by atoms with Gasteiger partial charge in [-0.05, 0) is 61.6 Å². The molecule has 5 N–H and O–H groups in total. The number of aliphatic hydroxyl groups is 2. The Kier molecular flexibility index (Phi) is 7.41. The normalized spacial score (nSPS) is 23.4. The fraction of sp³-hybridized carbons (Fsp3) is 0.650. The highest BCUT2D eigenvalue weighted by Crippen LogP contribution is 2.35. The molecular weight excluding hydrogens is 316 g/mol. The summed E-state index contributed by atoms with van der Waals surface area (Å²) < 4.78 is 0. The van der Waals surface area contributed by atoms with Crippen molar-refractivity contribution in [1.82, 2.24) is 5.32 Å². The summed E-state index contributed by atoms with van der Waals surface area (Å²) in [6, 6.07) is 5.91. The predicted molar refractivity (Wildman–Crippen MR) is 98.8 cm³/mol. The van der Waals surface area contributed by atoms with Crippen LogP contribution in [0.15, 0.2) is 18.2 Å². The minimum absolute atomic E-state index is 0.0109. The third-order valence-electron chi connectivity index (χ3n) is 5.46. The lowest BCUT2D eigenvalue weighted by Crippen LogP contribution is -2.43. The molecule has 140 valence electrons. The minimum Gasteiger partial charge on any atom is -0.392 e. The molecule has 5 heteroatoms. The first kappa shape index (κ1) is 19.9. The first-order valence-corrected chi connectivity index (χ1v) is 9.35. The van der Waals surface area contributed by atoms with E-state index in [2.05, 4.69) is 5.32 Å². The van der Waals surface area contributed by atoms with E-state index in [9.17, 15) is 15.0 Å². The average Bonchev–Trinajstić information content (AvgIpc) is 2.63. The summed E-state index contributed by atoms with van der Waals surface area (Å²) in [7, 11) is 0. The topological polar surface area (TPSA) is 95.6 Å². The van der Waals surface area contributed by atoms with Gasteiger partial charge in [0.15, 0.2) is 0 Å². The number of benzene rings is 1. The zero-order chi connectivity index (χ0) is 18.3. The highest BCUT2D eigenvalue weighted by molar-refractivity contribution is 5.82. The Morgan fingerprint density at radius 3 is 2.56 bits per heavy atom. The van der Waals surface area contributed by atoms with Gasteiger partial charge in [-0.1, -0.05) is 25.1 Å². The summed E-state index contributed by atoms with van der Waals surface area (Å²) in [6.07, 6.45) is 6.26. The monoisotopic (exact) mass is 348 g/mol. The van der Waals surface area contributed by atoms with Crippen molar-refractivity contribution in [2.45, 2.75) is 71.1 Å². The van der Waals surface area contributed by atoms with Crippen molar-refractivity contribution < 1.29 is 15.0 Å². The Balaban J connectivity index is 1.74. The number of nitrogens with one attached hydrogen (secondary N) is 1. The quantitative estimate of drug-likeness (QED) is 0.541.